The van der Waals surface area contributed by atoms with Crippen LogP contribution in [0, 0.1) is 5.82 Å². The molecule has 5 heteroatoms. The number of likely N-dealkylation sites (tertiary alicyclic amines) is 1. The Morgan fingerprint density at radius 2 is 1.89 bits per heavy atom. The summed E-state index contributed by atoms with van der Waals surface area (Å²) in [6.07, 6.45) is 4.29. The molecular formula is C22H22FN3O. The number of oxime groups is 1. The average Bonchev–Trinajstić information content (AvgIpc) is 2.72. The molecule has 1 aliphatic rings. The Balaban J connectivity index is 1.48. The molecule has 2 aromatic carbocycles. The first-order valence-corrected chi connectivity index (χ1v) is 9.28. The lowest BCUT2D eigenvalue weighted by molar-refractivity contribution is 0.271. The topological polar surface area (TPSA) is 48.7 Å². The van der Waals surface area contributed by atoms with Gasteiger partial charge in [0.05, 0.1) is 5.52 Å². The number of hydrogen-bond acceptors (Lipinski definition) is 3. The van der Waals surface area contributed by atoms with Crippen LogP contribution in [-0.4, -0.2) is 34.0 Å². The van der Waals surface area contributed by atoms with E-state index in [4.69, 9.17) is 0 Å². The number of amidine groups is 1. The maximum absolute atomic E-state index is 13.7. The first-order chi connectivity index (χ1) is 13.2. The monoisotopic (exact) mass is 363 g/mol. The van der Waals surface area contributed by atoms with Gasteiger partial charge in [0.2, 0.25) is 0 Å². The number of halogens is 1. The van der Waals surface area contributed by atoms with Gasteiger partial charge in [-0.15, -0.1) is 0 Å². The summed E-state index contributed by atoms with van der Waals surface area (Å²) in [4.78, 5) is 6.50. The fourth-order valence-corrected chi connectivity index (χ4v) is 3.93. The van der Waals surface area contributed by atoms with Crippen LogP contribution in [-0.2, 0) is 6.42 Å². The highest BCUT2D eigenvalue weighted by atomic mass is 19.1. The van der Waals surface area contributed by atoms with Gasteiger partial charge in [0.15, 0.2) is 0 Å². The van der Waals surface area contributed by atoms with Crippen molar-refractivity contribution in [2.75, 3.05) is 13.1 Å². The molecule has 0 spiro atoms. The molecule has 0 atom stereocenters. The van der Waals surface area contributed by atoms with E-state index in [9.17, 15) is 9.60 Å². The van der Waals surface area contributed by atoms with Crippen LogP contribution in [0.15, 0.2) is 65.9 Å². The molecule has 2 heterocycles. The van der Waals surface area contributed by atoms with Crippen molar-refractivity contribution < 1.29 is 9.60 Å². The number of benzene rings is 2. The first kappa shape index (κ1) is 17.5. The lowest BCUT2D eigenvalue weighted by atomic mass is 9.87. The molecule has 0 unspecified atom stereocenters. The van der Waals surface area contributed by atoms with Gasteiger partial charge in [-0.25, -0.2) is 4.39 Å². The minimum absolute atomic E-state index is 0.230. The highest BCUT2D eigenvalue weighted by Gasteiger charge is 2.24. The van der Waals surface area contributed by atoms with Crippen LogP contribution in [0.3, 0.4) is 0 Å². The summed E-state index contributed by atoms with van der Waals surface area (Å²) < 4.78 is 13.7. The molecule has 1 N–H and O–H groups in total. The van der Waals surface area contributed by atoms with Crippen LogP contribution in [0.1, 0.15) is 29.9 Å². The molecule has 1 fully saturated rings. The first-order valence-electron chi connectivity index (χ1n) is 9.28. The molecule has 0 saturated carbocycles. The molecule has 1 saturated heterocycles. The Morgan fingerprint density at radius 1 is 1.11 bits per heavy atom. The standard InChI is InChI=1S/C22H22FN3O/c23-18-6-7-21-20(15-18)19(8-11-24-21)17-9-12-26(13-10-17)22(25-27)14-16-4-2-1-3-5-16/h1-8,11,15,17,27H,9-10,12-14H2/b25-22-. The Morgan fingerprint density at radius 3 is 2.63 bits per heavy atom. The van der Waals surface area contributed by atoms with Crippen LogP contribution in [0.25, 0.3) is 10.9 Å². The number of rotatable bonds is 3. The van der Waals surface area contributed by atoms with E-state index in [1.54, 1.807) is 18.3 Å². The van der Waals surface area contributed by atoms with Gasteiger partial charge in [-0.2, -0.15) is 0 Å². The Bertz CT molecular complexity index is 950. The quantitative estimate of drug-likeness (QED) is 0.321. The van der Waals surface area contributed by atoms with Crippen LogP contribution >= 0.6 is 0 Å². The third-order valence-corrected chi connectivity index (χ3v) is 5.36. The third kappa shape index (κ3) is 3.77. The molecule has 4 nitrogen and oxygen atoms in total. The van der Waals surface area contributed by atoms with Gasteiger partial charge < -0.3 is 10.1 Å². The van der Waals surface area contributed by atoms with Crippen molar-refractivity contribution in [2.45, 2.75) is 25.2 Å². The van der Waals surface area contributed by atoms with Crippen LogP contribution in [0.4, 0.5) is 4.39 Å². The molecule has 27 heavy (non-hydrogen) atoms. The number of piperidine rings is 1. The van der Waals surface area contributed by atoms with Gasteiger partial charge in [-0.1, -0.05) is 35.5 Å². The fourth-order valence-electron chi connectivity index (χ4n) is 3.93. The summed E-state index contributed by atoms with van der Waals surface area (Å²) in [5.74, 6) is 0.822. The van der Waals surface area contributed by atoms with Gasteiger partial charge in [0.1, 0.15) is 11.7 Å². The summed E-state index contributed by atoms with van der Waals surface area (Å²) in [5, 5.41) is 13.9. The Hall–Kier alpha value is -2.95. The number of fused-ring (bicyclic) bond motifs is 1. The smallest absolute Gasteiger partial charge is 0.148 e. The van der Waals surface area contributed by atoms with Crippen LogP contribution in [0.5, 0.6) is 0 Å². The van der Waals surface area contributed by atoms with E-state index in [1.807, 2.05) is 36.4 Å². The largest absolute Gasteiger partial charge is 0.409 e. The highest BCUT2D eigenvalue weighted by Crippen LogP contribution is 2.33. The van der Waals surface area contributed by atoms with Gasteiger partial charge in [0, 0.05) is 31.1 Å². The third-order valence-electron chi connectivity index (χ3n) is 5.36. The highest BCUT2D eigenvalue weighted by molar-refractivity contribution is 5.84. The van der Waals surface area contributed by atoms with E-state index in [-0.39, 0.29) is 5.82 Å². The lowest BCUT2D eigenvalue weighted by Crippen LogP contribution is -2.39. The molecular weight excluding hydrogens is 341 g/mol. The Labute approximate surface area is 158 Å². The van der Waals surface area contributed by atoms with Gasteiger partial charge in [0.25, 0.3) is 0 Å². The van der Waals surface area contributed by atoms with E-state index >= 15 is 0 Å². The maximum Gasteiger partial charge on any atom is 0.148 e. The lowest BCUT2D eigenvalue weighted by Gasteiger charge is -2.34. The number of hydrogen-bond donors (Lipinski definition) is 1. The zero-order chi connectivity index (χ0) is 18.6. The molecule has 0 aliphatic carbocycles. The summed E-state index contributed by atoms with van der Waals surface area (Å²) in [5.41, 5.74) is 3.12. The van der Waals surface area contributed by atoms with Crippen LogP contribution in [0.2, 0.25) is 0 Å². The molecule has 4 rings (SSSR count). The fraction of sp³-hybridized carbons (Fsp3) is 0.273. The van der Waals surface area contributed by atoms with Crippen molar-refractivity contribution in [2.24, 2.45) is 5.16 Å². The van der Waals surface area contributed by atoms with Gasteiger partial charge in [-0.3, -0.25) is 4.98 Å². The van der Waals surface area contributed by atoms with Crippen LogP contribution < -0.4 is 0 Å². The number of pyridine rings is 1. The Kier molecular flexibility index (Phi) is 5.01. The number of aromatic nitrogens is 1. The van der Waals surface area contributed by atoms with E-state index in [0.717, 1.165) is 48.0 Å². The van der Waals surface area contributed by atoms with E-state index < -0.39 is 0 Å². The van der Waals surface area contributed by atoms with Crippen molar-refractivity contribution in [3.05, 3.63) is 77.7 Å². The predicted molar refractivity (Wildman–Crippen MR) is 105 cm³/mol. The van der Waals surface area contributed by atoms with Gasteiger partial charge >= 0.3 is 0 Å². The molecule has 138 valence electrons. The summed E-state index contributed by atoms with van der Waals surface area (Å²) in [6.45, 7) is 1.63. The maximum atomic E-state index is 13.7. The van der Waals surface area contributed by atoms with E-state index in [0.29, 0.717) is 18.2 Å². The molecule has 0 bridgehead atoms. The van der Waals surface area contributed by atoms with Crippen molar-refractivity contribution in [3.8, 4) is 0 Å². The summed E-state index contributed by atoms with van der Waals surface area (Å²) in [6, 6.07) is 16.8. The second-order valence-electron chi connectivity index (χ2n) is 7.00. The molecule has 0 radical (unpaired) electrons. The van der Waals surface area contributed by atoms with Crippen molar-refractivity contribution in [1.82, 2.24) is 9.88 Å². The zero-order valence-corrected chi connectivity index (χ0v) is 15.1. The second-order valence-corrected chi connectivity index (χ2v) is 7.00. The summed E-state index contributed by atoms with van der Waals surface area (Å²) >= 11 is 0. The van der Waals surface area contributed by atoms with Gasteiger partial charge in [-0.05, 0) is 54.2 Å². The molecule has 1 aliphatic heterocycles. The zero-order valence-electron chi connectivity index (χ0n) is 15.1. The number of nitrogens with zero attached hydrogens (tertiary/aromatic N) is 3. The normalized spacial score (nSPS) is 16.0. The minimum Gasteiger partial charge on any atom is -0.409 e. The van der Waals surface area contributed by atoms with Crippen molar-refractivity contribution in [1.29, 1.82) is 0 Å². The molecule has 1 aromatic heterocycles. The molecule has 0 amide bonds. The predicted octanol–water partition coefficient (Wildman–Crippen LogP) is 4.58. The van der Waals surface area contributed by atoms with E-state index in [1.165, 1.54) is 6.07 Å². The van der Waals surface area contributed by atoms with E-state index in [2.05, 4.69) is 15.0 Å². The summed E-state index contributed by atoms with van der Waals surface area (Å²) in [7, 11) is 0. The van der Waals surface area contributed by atoms with Crippen molar-refractivity contribution in [3.63, 3.8) is 0 Å². The molecule has 3 aromatic rings. The average molecular weight is 363 g/mol. The minimum atomic E-state index is -0.230. The SMILES string of the molecule is O/N=C(/Cc1ccccc1)N1CCC(c2ccnc3ccc(F)cc23)CC1. The second kappa shape index (κ2) is 7.74. The van der Waals surface area contributed by atoms with Crippen molar-refractivity contribution >= 4 is 16.7 Å².